The zero-order valence-electron chi connectivity index (χ0n) is 11.3. The second kappa shape index (κ2) is 5.99. The molecule has 0 saturated carbocycles. The molecule has 0 amide bonds. The lowest BCUT2D eigenvalue weighted by Gasteiger charge is -2.46. The Kier molecular flexibility index (Phi) is 5.22. The van der Waals surface area contributed by atoms with Gasteiger partial charge in [0.15, 0.2) is 0 Å². The van der Waals surface area contributed by atoms with Crippen molar-refractivity contribution in [2.75, 3.05) is 26.7 Å². The highest BCUT2D eigenvalue weighted by Crippen LogP contribution is 2.28. The molecule has 0 aliphatic carbocycles. The van der Waals surface area contributed by atoms with E-state index in [4.69, 9.17) is 10.5 Å². The SMILES string of the molecule is CCCC(C)(CN)N1CCC(C)C(OC)C1. The molecule has 1 rings (SSSR count). The van der Waals surface area contributed by atoms with Crippen LogP contribution >= 0.6 is 0 Å². The van der Waals surface area contributed by atoms with E-state index in [1.807, 2.05) is 7.11 Å². The molecule has 96 valence electrons. The van der Waals surface area contributed by atoms with Gasteiger partial charge < -0.3 is 10.5 Å². The Hall–Kier alpha value is -0.120. The Balaban J connectivity index is 2.65. The van der Waals surface area contributed by atoms with E-state index in [-0.39, 0.29) is 5.54 Å². The standard InChI is InChI=1S/C13H28N2O/c1-5-7-13(3,10-14)15-8-6-11(2)12(9-15)16-4/h11-12H,5-10,14H2,1-4H3. The van der Waals surface area contributed by atoms with Crippen LogP contribution in [0.15, 0.2) is 0 Å². The van der Waals surface area contributed by atoms with Crippen LogP contribution in [0.5, 0.6) is 0 Å². The van der Waals surface area contributed by atoms with Gasteiger partial charge in [-0.05, 0) is 32.2 Å². The lowest BCUT2D eigenvalue weighted by molar-refractivity contribution is -0.0422. The number of methoxy groups -OCH3 is 1. The molecule has 0 radical (unpaired) electrons. The normalized spacial score (nSPS) is 31.3. The van der Waals surface area contributed by atoms with Crippen molar-refractivity contribution < 1.29 is 4.74 Å². The van der Waals surface area contributed by atoms with Crippen molar-refractivity contribution in [3.8, 4) is 0 Å². The number of nitrogens with zero attached hydrogens (tertiary/aromatic N) is 1. The molecule has 1 saturated heterocycles. The van der Waals surface area contributed by atoms with Crippen molar-refractivity contribution in [3.63, 3.8) is 0 Å². The molecular formula is C13H28N2O. The zero-order chi connectivity index (χ0) is 12.2. The summed E-state index contributed by atoms with van der Waals surface area (Å²) < 4.78 is 5.57. The van der Waals surface area contributed by atoms with Crippen LogP contribution in [-0.4, -0.2) is 43.3 Å². The predicted octanol–water partition coefficient (Wildman–Crippen LogP) is 1.86. The summed E-state index contributed by atoms with van der Waals surface area (Å²) in [5, 5.41) is 0. The van der Waals surface area contributed by atoms with Gasteiger partial charge in [0, 0.05) is 25.7 Å². The molecule has 1 fully saturated rings. The first-order valence-electron chi connectivity index (χ1n) is 6.55. The van der Waals surface area contributed by atoms with Gasteiger partial charge in [0.1, 0.15) is 0 Å². The number of nitrogens with two attached hydrogens (primary N) is 1. The van der Waals surface area contributed by atoms with E-state index in [1.165, 1.54) is 19.3 Å². The fourth-order valence-corrected chi connectivity index (χ4v) is 2.76. The molecule has 2 N–H and O–H groups in total. The Labute approximate surface area is 100 Å². The summed E-state index contributed by atoms with van der Waals surface area (Å²) in [7, 11) is 1.82. The minimum Gasteiger partial charge on any atom is -0.380 e. The quantitative estimate of drug-likeness (QED) is 0.780. The van der Waals surface area contributed by atoms with Gasteiger partial charge in [0.05, 0.1) is 6.10 Å². The first kappa shape index (κ1) is 13.9. The molecule has 1 aliphatic heterocycles. The zero-order valence-corrected chi connectivity index (χ0v) is 11.3. The fourth-order valence-electron chi connectivity index (χ4n) is 2.76. The Bertz CT molecular complexity index is 210. The fraction of sp³-hybridized carbons (Fsp3) is 1.00. The monoisotopic (exact) mass is 228 g/mol. The average Bonchev–Trinajstić information content (AvgIpc) is 2.29. The van der Waals surface area contributed by atoms with Crippen molar-refractivity contribution in [1.29, 1.82) is 0 Å². The van der Waals surface area contributed by atoms with Crippen LogP contribution in [0.2, 0.25) is 0 Å². The molecule has 1 aliphatic rings. The number of rotatable bonds is 5. The van der Waals surface area contributed by atoms with Gasteiger partial charge in [0.2, 0.25) is 0 Å². The van der Waals surface area contributed by atoms with E-state index in [9.17, 15) is 0 Å². The van der Waals surface area contributed by atoms with E-state index in [0.29, 0.717) is 12.0 Å². The van der Waals surface area contributed by atoms with E-state index < -0.39 is 0 Å². The molecule has 3 atom stereocenters. The summed E-state index contributed by atoms with van der Waals surface area (Å²) in [6.07, 6.45) is 3.96. The van der Waals surface area contributed by atoms with Crippen LogP contribution < -0.4 is 5.73 Å². The van der Waals surface area contributed by atoms with Gasteiger partial charge in [-0.2, -0.15) is 0 Å². The second-order valence-corrected chi connectivity index (χ2v) is 5.44. The minimum absolute atomic E-state index is 0.158. The molecular weight excluding hydrogens is 200 g/mol. The van der Waals surface area contributed by atoms with Gasteiger partial charge in [0.25, 0.3) is 0 Å². The maximum atomic E-state index is 5.96. The van der Waals surface area contributed by atoms with Crippen molar-refractivity contribution in [1.82, 2.24) is 4.90 Å². The third-order valence-electron chi connectivity index (χ3n) is 4.18. The summed E-state index contributed by atoms with van der Waals surface area (Å²) in [4.78, 5) is 2.53. The molecule has 0 aromatic heterocycles. The molecule has 3 heteroatoms. The molecule has 0 spiro atoms. The van der Waals surface area contributed by atoms with Crippen molar-refractivity contribution in [2.24, 2.45) is 11.7 Å². The average molecular weight is 228 g/mol. The van der Waals surface area contributed by atoms with E-state index in [0.717, 1.165) is 19.6 Å². The smallest absolute Gasteiger partial charge is 0.0724 e. The maximum Gasteiger partial charge on any atom is 0.0724 e. The van der Waals surface area contributed by atoms with Gasteiger partial charge in [-0.25, -0.2) is 0 Å². The Morgan fingerprint density at radius 2 is 2.19 bits per heavy atom. The highest BCUT2D eigenvalue weighted by molar-refractivity contribution is 4.92. The number of hydrogen-bond acceptors (Lipinski definition) is 3. The van der Waals surface area contributed by atoms with Crippen LogP contribution in [0.4, 0.5) is 0 Å². The topological polar surface area (TPSA) is 38.5 Å². The summed E-state index contributed by atoms with van der Waals surface area (Å²) in [5.41, 5.74) is 6.12. The summed E-state index contributed by atoms with van der Waals surface area (Å²) in [6.45, 7) is 9.74. The first-order valence-corrected chi connectivity index (χ1v) is 6.55. The van der Waals surface area contributed by atoms with Crippen LogP contribution in [0.25, 0.3) is 0 Å². The van der Waals surface area contributed by atoms with Crippen LogP contribution in [0, 0.1) is 5.92 Å². The molecule has 3 nitrogen and oxygen atoms in total. The van der Waals surface area contributed by atoms with Gasteiger partial charge in [-0.1, -0.05) is 20.3 Å². The van der Waals surface area contributed by atoms with E-state index >= 15 is 0 Å². The van der Waals surface area contributed by atoms with Crippen molar-refractivity contribution >= 4 is 0 Å². The van der Waals surface area contributed by atoms with Crippen molar-refractivity contribution in [3.05, 3.63) is 0 Å². The third-order valence-corrected chi connectivity index (χ3v) is 4.18. The lowest BCUT2D eigenvalue weighted by atomic mass is 9.88. The van der Waals surface area contributed by atoms with Crippen molar-refractivity contribution in [2.45, 2.75) is 51.7 Å². The van der Waals surface area contributed by atoms with E-state index in [1.54, 1.807) is 0 Å². The second-order valence-electron chi connectivity index (χ2n) is 5.44. The molecule has 1 heterocycles. The maximum absolute atomic E-state index is 5.96. The summed E-state index contributed by atoms with van der Waals surface area (Å²) in [5.74, 6) is 0.671. The first-order chi connectivity index (χ1) is 7.57. The van der Waals surface area contributed by atoms with Crippen LogP contribution in [-0.2, 0) is 4.74 Å². The lowest BCUT2D eigenvalue weighted by Crippen LogP contribution is -2.57. The highest BCUT2D eigenvalue weighted by Gasteiger charge is 2.35. The molecule has 0 bridgehead atoms. The van der Waals surface area contributed by atoms with Gasteiger partial charge in [-0.3, -0.25) is 4.90 Å². The van der Waals surface area contributed by atoms with E-state index in [2.05, 4.69) is 25.7 Å². The number of ether oxygens (including phenoxy) is 1. The summed E-state index contributed by atoms with van der Waals surface area (Å²) >= 11 is 0. The van der Waals surface area contributed by atoms with Gasteiger partial charge in [-0.15, -0.1) is 0 Å². The summed E-state index contributed by atoms with van der Waals surface area (Å²) in [6, 6.07) is 0. The van der Waals surface area contributed by atoms with Crippen LogP contribution in [0.3, 0.4) is 0 Å². The third kappa shape index (κ3) is 2.96. The predicted molar refractivity (Wildman–Crippen MR) is 68.5 cm³/mol. The molecule has 0 aromatic carbocycles. The molecule has 0 aromatic rings. The number of piperidine rings is 1. The number of hydrogen-bond donors (Lipinski definition) is 1. The molecule has 16 heavy (non-hydrogen) atoms. The minimum atomic E-state index is 0.158. The molecule has 3 unspecified atom stereocenters. The van der Waals surface area contributed by atoms with Crippen LogP contribution in [0.1, 0.15) is 40.0 Å². The van der Waals surface area contributed by atoms with Gasteiger partial charge >= 0.3 is 0 Å². The highest BCUT2D eigenvalue weighted by atomic mass is 16.5. The Morgan fingerprint density at radius 1 is 1.50 bits per heavy atom. The largest absolute Gasteiger partial charge is 0.380 e. The Morgan fingerprint density at radius 3 is 2.69 bits per heavy atom. The number of likely N-dealkylation sites (tertiary alicyclic amines) is 1.